The van der Waals surface area contributed by atoms with Crippen LogP contribution in [-0.2, 0) is 21.0 Å². The van der Waals surface area contributed by atoms with E-state index in [-0.39, 0.29) is 0 Å². The van der Waals surface area contributed by atoms with E-state index >= 15 is 0 Å². The van der Waals surface area contributed by atoms with Crippen LogP contribution in [0.25, 0.3) is 0 Å². The van der Waals surface area contributed by atoms with E-state index in [1.54, 1.807) is 0 Å². The number of hydrogen-bond acceptors (Lipinski definition) is 0. The molecule has 20 heavy (non-hydrogen) atoms. The summed E-state index contributed by atoms with van der Waals surface area (Å²) < 4.78 is 6.79. The van der Waals surface area contributed by atoms with Gasteiger partial charge in [-0.3, -0.25) is 0 Å². The molecule has 0 spiro atoms. The van der Waals surface area contributed by atoms with Crippen LogP contribution in [0.5, 0.6) is 0 Å². The Kier molecular flexibility index (Phi) is 3.66. The maximum absolute atomic E-state index is 4.87. The summed E-state index contributed by atoms with van der Waals surface area (Å²) in [4.78, 5) is 0. The van der Waals surface area contributed by atoms with Crippen LogP contribution < -0.4 is 0 Å². The van der Waals surface area contributed by atoms with Crippen LogP contribution in [0.3, 0.4) is 0 Å². The van der Waals surface area contributed by atoms with Gasteiger partial charge in [0.1, 0.15) is 0 Å². The monoisotopic (exact) mass is 432 g/mol. The first-order chi connectivity index (χ1) is 9.84. The fourth-order valence-corrected chi connectivity index (χ4v) is 15.9. The predicted octanol–water partition coefficient (Wildman–Crippen LogP) is 5.21. The minimum absolute atomic E-state index is 0.893. The van der Waals surface area contributed by atoms with Crippen LogP contribution in [0.2, 0.25) is 7.35 Å². The third-order valence-electron chi connectivity index (χ3n) is 5.94. The molecule has 0 nitrogen and oxygen atoms in total. The molecule has 4 aliphatic carbocycles. The predicted molar refractivity (Wildman–Crippen MR) is 83.7 cm³/mol. The second kappa shape index (κ2) is 5.48. The molecule has 0 amide bonds. The molecule has 4 aliphatic rings. The molecule has 0 radical (unpaired) electrons. The molecular weight excluding hydrogens is 407 g/mol. The molecule has 0 N–H and O–H groups in total. The molecule has 104 valence electrons. The van der Waals surface area contributed by atoms with E-state index in [0.717, 1.165) is 19.2 Å². The number of rotatable bonds is 2. The molecule has 1 heteroatoms. The van der Waals surface area contributed by atoms with Gasteiger partial charge in [0.15, 0.2) is 0 Å². The van der Waals surface area contributed by atoms with Gasteiger partial charge in [-0.05, 0) is 0 Å². The third-order valence-corrected chi connectivity index (χ3v) is 16.8. The Morgan fingerprint density at radius 2 is 1.30 bits per heavy atom. The van der Waals surface area contributed by atoms with Crippen molar-refractivity contribution in [3.8, 4) is 0 Å². The van der Waals surface area contributed by atoms with Crippen molar-refractivity contribution in [3.63, 3.8) is 0 Å². The average molecular weight is 431 g/mol. The van der Waals surface area contributed by atoms with Crippen molar-refractivity contribution in [3.05, 3.63) is 47.6 Å². The molecule has 0 aliphatic heterocycles. The maximum atomic E-state index is 4.87. The number of allylic oxidation sites excluding steroid dienone is 8. The summed E-state index contributed by atoms with van der Waals surface area (Å²) in [5.41, 5.74) is 3.64. The second-order valence-corrected chi connectivity index (χ2v) is 16.0. The van der Waals surface area contributed by atoms with Crippen LogP contribution in [0.15, 0.2) is 47.6 Å². The molecule has 2 saturated carbocycles. The molecule has 2 fully saturated rings. The summed E-state index contributed by atoms with van der Waals surface area (Å²) in [6.07, 6.45) is 22.7. The summed E-state index contributed by atoms with van der Waals surface area (Å²) in [6, 6.07) is 0. The summed E-state index contributed by atoms with van der Waals surface area (Å²) in [7, 11) is 0. The molecule has 0 aromatic rings. The number of fused-ring (bicyclic) bond motifs is 2. The Hall–Kier alpha value is -0.300. The normalized spacial score (nSPS) is 38.2. The fraction of sp³-hybridized carbons (Fsp3) is 0.526. The van der Waals surface area contributed by atoms with Gasteiger partial charge < -0.3 is 0 Å². The summed E-state index contributed by atoms with van der Waals surface area (Å²) in [5.74, 6) is 1.79. The first-order valence-corrected chi connectivity index (χ1v) is 15.0. The van der Waals surface area contributed by atoms with Crippen LogP contribution in [-0.4, -0.2) is 4.26 Å². The summed E-state index contributed by atoms with van der Waals surface area (Å²) >= 11 is -1.77. The van der Waals surface area contributed by atoms with Gasteiger partial charge in [-0.2, -0.15) is 0 Å². The SMILES string of the molecule is [CH2]=[Hf]([CH]1CCC2CC=CC=C21)[CH]1CCC2CC=CC=C21. The Balaban J connectivity index is 1.59. The second-order valence-electron chi connectivity index (χ2n) is 6.89. The van der Waals surface area contributed by atoms with Gasteiger partial charge >= 0.3 is 131 Å². The molecule has 4 unspecified atom stereocenters. The van der Waals surface area contributed by atoms with Crippen molar-refractivity contribution in [2.24, 2.45) is 11.8 Å². The molecule has 4 rings (SSSR count). The molecule has 0 saturated heterocycles. The van der Waals surface area contributed by atoms with Gasteiger partial charge in [0.25, 0.3) is 0 Å². The minimum atomic E-state index is -1.77. The summed E-state index contributed by atoms with van der Waals surface area (Å²) in [5, 5.41) is 0. The van der Waals surface area contributed by atoms with Crippen LogP contribution in [0.4, 0.5) is 0 Å². The molecule has 0 aromatic carbocycles. The van der Waals surface area contributed by atoms with Crippen molar-refractivity contribution in [2.75, 3.05) is 0 Å². The van der Waals surface area contributed by atoms with Gasteiger partial charge in [0, 0.05) is 0 Å². The van der Waals surface area contributed by atoms with E-state index in [4.69, 9.17) is 4.26 Å². The molecule has 0 aromatic heterocycles. The first-order valence-electron chi connectivity index (χ1n) is 8.26. The van der Waals surface area contributed by atoms with Gasteiger partial charge in [-0.15, -0.1) is 0 Å². The van der Waals surface area contributed by atoms with Gasteiger partial charge in [0.2, 0.25) is 0 Å². The van der Waals surface area contributed by atoms with Crippen molar-refractivity contribution in [1.82, 2.24) is 0 Å². The quantitative estimate of drug-likeness (QED) is 0.528. The van der Waals surface area contributed by atoms with E-state index < -0.39 is 21.0 Å². The third kappa shape index (κ3) is 2.17. The van der Waals surface area contributed by atoms with E-state index in [1.165, 1.54) is 38.5 Å². The Morgan fingerprint density at radius 1 is 0.800 bits per heavy atom. The Morgan fingerprint density at radius 3 is 1.80 bits per heavy atom. The van der Waals surface area contributed by atoms with Crippen LogP contribution in [0, 0.1) is 11.8 Å². The summed E-state index contributed by atoms with van der Waals surface area (Å²) in [6.45, 7) is 0. The van der Waals surface area contributed by atoms with Gasteiger partial charge in [-0.25, -0.2) is 0 Å². The van der Waals surface area contributed by atoms with Crippen molar-refractivity contribution < 1.29 is 21.0 Å². The Labute approximate surface area is 130 Å². The topological polar surface area (TPSA) is 0 Å². The zero-order valence-corrected chi connectivity index (χ0v) is 15.8. The first kappa shape index (κ1) is 13.4. The van der Waals surface area contributed by atoms with Crippen LogP contribution >= 0.6 is 0 Å². The van der Waals surface area contributed by atoms with E-state index in [9.17, 15) is 0 Å². The van der Waals surface area contributed by atoms with Crippen LogP contribution in [0.1, 0.15) is 38.5 Å². The number of hydrogen-bond donors (Lipinski definition) is 0. The standard InChI is InChI=1S/2C9H11.CH2.Hf/c2*1-2-5-9-7-3-6-8(9)4-1;;/h2*1-2,4,6,9H,3,5,7H2;1H2;. The molecule has 4 atom stereocenters. The zero-order chi connectivity index (χ0) is 13.5. The average Bonchev–Trinajstić information content (AvgIpc) is 3.11. The van der Waals surface area contributed by atoms with E-state index in [1.807, 2.05) is 11.1 Å². The molecular formula is C19H24Hf. The molecule has 0 heterocycles. The zero-order valence-electron chi connectivity index (χ0n) is 12.2. The van der Waals surface area contributed by atoms with Crippen molar-refractivity contribution in [2.45, 2.75) is 45.9 Å². The Bertz CT molecular complexity index is 498. The fourth-order valence-electron chi connectivity index (χ4n) is 4.87. The van der Waals surface area contributed by atoms with Gasteiger partial charge in [0.05, 0.1) is 0 Å². The van der Waals surface area contributed by atoms with Crippen molar-refractivity contribution >= 4 is 4.26 Å². The molecule has 0 bridgehead atoms. The van der Waals surface area contributed by atoms with E-state index in [2.05, 4.69) is 36.5 Å². The van der Waals surface area contributed by atoms with Gasteiger partial charge in [-0.1, -0.05) is 0 Å². The van der Waals surface area contributed by atoms with E-state index in [0.29, 0.717) is 0 Å². The van der Waals surface area contributed by atoms with Crippen molar-refractivity contribution in [1.29, 1.82) is 0 Å².